The number of carbonyl (C=O) groups is 2. The molecule has 1 amide bonds. The summed E-state index contributed by atoms with van der Waals surface area (Å²) in [6, 6.07) is 9.69. The van der Waals surface area contributed by atoms with Gasteiger partial charge in [0.15, 0.2) is 23.2 Å². The first kappa shape index (κ1) is 28.4. The molecule has 2 aromatic carbocycles. The van der Waals surface area contributed by atoms with Crippen LogP contribution in [-0.2, 0) is 26.9 Å². The Hall–Kier alpha value is -4.13. The van der Waals surface area contributed by atoms with Crippen LogP contribution in [-0.4, -0.2) is 42.9 Å². The maximum absolute atomic E-state index is 12.9. The molecule has 3 aromatic rings. The van der Waals surface area contributed by atoms with Crippen LogP contribution in [0.4, 0.5) is 24.0 Å². The van der Waals surface area contributed by atoms with Crippen LogP contribution in [0.25, 0.3) is 0 Å². The predicted octanol–water partition coefficient (Wildman–Crippen LogP) is 4.94. The molecular weight excluding hydrogens is 525 g/mol. The molecule has 1 aromatic heterocycles. The zero-order valence-electron chi connectivity index (χ0n) is 20.5. The lowest BCUT2D eigenvalue weighted by Gasteiger charge is -2.12. The Balaban J connectivity index is 1.54. The zero-order valence-corrected chi connectivity index (χ0v) is 21.3. The molecule has 0 aliphatic carbocycles. The van der Waals surface area contributed by atoms with Crippen LogP contribution in [0.15, 0.2) is 52.9 Å². The molecule has 3 rings (SSSR count). The van der Waals surface area contributed by atoms with Crippen molar-refractivity contribution in [3.8, 4) is 11.5 Å². The normalized spacial score (nSPS) is 11.3. The number of hydrogen-bond acceptors (Lipinski definition) is 9. The van der Waals surface area contributed by atoms with Gasteiger partial charge in [-0.15, -0.1) is 11.3 Å². The van der Waals surface area contributed by atoms with Gasteiger partial charge in [0.05, 0.1) is 37.1 Å². The van der Waals surface area contributed by atoms with E-state index in [1.54, 1.807) is 37.4 Å². The van der Waals surface area contributed by atoms with Crippen molar-refractivity contribution >= 4 is 40.2 Å². The predicted molar refractivity (Wildman–Crippen MR) is 136 cm³/mol. The number of halogens is 3. The zero-order chi connectivity index (χ0) is 27.5. The highest BCUT2D eigenvalue weighted by atomic mass is 32.1. The summed E-state index contributed by atoms with van der Waals surface area (Å²) in [5, 5.41) is 8.73. The van der Waals surface area contributed by atoms with Gasteiger partial charge in [0.1, 0.15) is 0 Å². The minimum absolute atomic E-state index is 0.0804. The van der Waals surface area contributed by atoms with Gasteiger partial charge in [-0.3, -0.25) is 4.79 Å². The number of aromatic nitrogens is 1. The van der Waals surface area contributed by atoms with Crippen LogP contribution in [0.1, 0.15) is 30.7 Å². The maximum atomic E-state index is 12.9. The highest BCUT2D eigenvalue weighted by Crippen LogP contribution is 2.32. The third-order valence-corrected chi connectivity index (χ3v) is 5.46. The van der Waals surface area contributed by atoms with Crippen LogP contribution in [0, 0.1) is 0 Å². The number of nitrogens with zero attached hydrogens (tertiary/aromatic N) is 2. The molecule has 38 heavy (non-hydrogen) atoms. The number of nitrogens with one attached hydrogen (secondary N) is 2. The number of anilines is 2. The summed E-state index contributed by atoms with van der Waals surface area (Å²) in [6.07, 6.45) is -3.12. The minimum Gasteiger partial charge on any atom is -0.490 e. The molecule has 0 unspecified atom stereocenters. The highest BCUT2D eigenvalue weighted by Gasteiger charge is 2.30. The third-order valence-electron chi connectivity index (χ3n) is 4.66. The van der Waals surface area contributed by atoms with E-state index in [9.17, 15) is 22.8 Å². The summed E-state index contributed by atoms with van der Waals surface area (Å²) >= 11 is 1.16. The van der Waals surface area contributed by atoms with E-state index in [1.165, 1.54) is 18.3 Å². The second kappa shape index (κ2) is 13.4. The minimum atomic E-state index is -4.45. The summed E-state index contributed by atoms with van der Waals surface area (Å²) in [6.45, 7) is 3.86. The number of alkyl halides is 3. The lowest BCUT2D eigenvalue weighted by atomic mass is 10.2. The molecule has 0 spiro atoms. The number of thiazole rings is 1. The number of ether oxygens (including phenoxy) is 3. The van der Waals surface area contributed by atoms with Crippen LogP contribution in [0.5, 0.6) is 11.5 Å². The Morgan fingerprint density at radius 1 is 1.08 bits per heavy atom. The molecular formula is C25H25F3N4O5S. The van der Waals surface area contributed by atoms with Gasteiger partial charge in [-0.2, -0.15) is 18.3 Å². The average Bonchev–Trinajstić information content (AvgIpc) is 3.30. The van der Waals surface area contributed by atoms with Gasteiger partial charge in [-0.25, -0.2) is 15.2 Å². The van der Waals surface area contributed by atoms with Crippen molar-refractivity contribution in [3.63, 3.8) is 0 Å². The van der Waals surface area contributed by atoms with Crippen molar-refractivity contribution in [1.29, 1.82) is 0 Å². The number of amides is 1. The fraction of sp³-hybridized carbons (Fsp3) is 0.280. The van der Waals surface area contributed by atoms with E-state index in [4.69, 9.17) is 14.2 Å². The summed E-state index contributed by atoms with van der Waals surface area (Å²) < 4.78 is 54.5. The van der Waals surface area contributed by atoms with Gasteiger partial charge in [0.25, 0.3) is 0 Å². The highest BCUT2D eigenvalue weighted by molar-refractivity contribution is 7.13. The van der Waals surface area contributed by atoms with E-state index in [-0.39, 0.29) is 25.3 Å². The van der Waals surface area contributed by atoms with Gasteiger partial charge >= 0.3 is 12.1 Å². The first-order valence-electron chi connectivity index (χ1n) is 11.4. The van der Waals surface area contributed by atoms with E-state index in [0.29, 0.717) is 34.5 Å². The molecule has 2 N–H and O–H groups in total. The van der Waals surface area contributed by atoms with E-state index < -0.39 is 23.6 Å². The van der Waals surface area contributed by atoms with Crippen molar-refractivity contribution in [2.24, 2.45) is 5.10 Å². The molecule has 0 aliphatic rings. The van der Waals surface area contributed by atoms with Gasteiger partial charge in [-0.05, 0) is 55.8 Å². The number of rotatable bonds is 12. The smallest absolute Gasteiger partial charge is 0.416 e. The van der Waals surface area contributed by atoms with Crippen LogP contribution in [0.3, 0.4) is 0 Å². The number of hydrazone groups is 1. The Kier molecular flexibility index (Phi) is 10.0. The Morgan fingerprint density at radius 2 is 1.89 bits per heavy atom. The topological polar surface area (TPSA) is 111 Å². The van der Waals surface area contributed by atoms with Gasteiger partial charge < -0.3 is 19.5 Å². The molecule has 0 bridgehead atoms. The maximum Gasteiger partial charge on any atom is 0.416 e. The van der Waals surface area contributed by atoms with Crippen molar-refractivity contribution in [1.82, 2.24) is 10.4 Å². The summed E-state index contributed by atoms with van der Waals surface area (Å²) in [5.41, 5.74) is 2.90. The van der Waals surface area contributed by atoms with Crippen molar-refractivity contribution < 1.29 is 37.0 Å². The average molecular weight is 551 g/mol. The van der Waals surface area contributed by atoms with E-state index in [0.717, 1.165) is 23.5 Å². The number of hydrogen-bond donors (Lipinski definition) is 2. The summed E-state index contributed by atoms with van der Waals surface area (Å²) in [5.74, 6) is -0.173. The third kappa shape index (κ3) is 8.76. The van der Waals surface area contributed by atoms with E-state index >= 15 is 0 Å². The fourth-order valence-corrected chi connectivity index (χ4v) is 3.79. The number of esters is 1. The van der Waals surface area contributed by atoms with Crippen LogP contribution < -0.4 is 20.2 Å². The van der Waals surface area contributed by atoms with Crippen molar-refractivity contribution in [2.75, 3.05) is 25.1 Å². The first-order chi connectivity index (χ1) is 18.2. The lowest BCUT2D eigenvalue weighted by molar-refractivity contribution is -0.145. The SMILES string of the molecule is CCOC(=O)COc1ccc(/C=N\NC(=O)Cc2csc(Nc3cccc(C(F)(F)F)c3)n2)cc1OCC. The Bertz CT molecular complexity index is 1280. The largest absolute Gasteiger partial charge is 0.490 e. The second-order valence-electron chi connectivity index (χ2n) is 7.55. The molecule has 202 valence electrons. The lowest BCUT2D eigenvalue weighted by Crippen LogP contribution is -2.20. The second-order valence-corrected chi connectivity index (χ2v) is 8.41. The Morgan fingerprint density at radius 3 is 2.63 bits per heavy atom. The molecule has 0 saturated heterocycles. The standard InChI is InChI=1S/C25H25F3N4O5S/c1-3-35-21-10-16(8-9-20(21)37-14-23(34)36-4-2)13-29-32-22(33)12-19-15-38-24(31-19)30-18-7-5-6-17(11-18)25(26,27)28/h5-11,13,15H,3-4,12,14H2,1-2H3,(H,30,31)(H,32,33)/b29-13-. The van der Waals surface area contributed by atoms with E-state index in [1.807, 2.05) is 0 Å². The molecule has 13 heteroatoms. The molecule has 0 aliphatic heterocycles. The summed E-state index contributed by atoms with van der Waals surface area (Å²) in [4.78, 5) is 28.0. The molecule has 9 nitrogen and oxygen atoms in total. The molecule has 0 atom stereocenters. The van der Waals surface area contributed by atoms with Gasteiger partial charge in [0.2, 0.25) is 5.91 Å². The number of carbonyl (C=O) groups excluding carboxylic acids is 2. The molecule has 1 heterocycles. The molecule has 0 radical (unpaired) electrons. The van der Waals surface area contributed by atoms with Gasteiger partial charge in [0, 0.05) is 11.1 Å². The summed E-state index contributed by atoms with van der Waals surface area (Å²) in [7, 11) is 0. The molecule has 0 saturated carbocycles. The van der Waals surface area contributed by atoms with Crippen molar-refractivity contribution in [3.05, 3.63) is 64.7 Å². The Labute approximate surface area is 220 Å². The van der Waals surface area contributed by atoms with Crippen molar-refractivity contribution in [2.45, 2.75) is 26.4 Å². The quantitative estimate of drug-likeness (QED) is 0.187. The number of benzene rings is 2. The van der Waals surface area contributed by atoms with Gasteiger partial charge in [-0.1, -0.05) is 6.07 Å². The molecule has 0 fully saturated rings. The van der Waals surface area contributed by atoms with Crippen LogP contribution >= 0.6 is 11.3 Å². The monoisotopic (exact) mass is 550 g/mol. The van der Waals surface area contributed by atoms with E-state index in [2.05, 4.69) is 20.8 Å². The van der Waals surface area contributed by atoms with Crippen LogP contribution in [0.2, 0.25) is 0 Å². The first-order valence-corrected chi connectivity index (χ1v) is 12.3. The fourth-order valence-electron chi connectivity index (χ4n) is 3.06.